The van der Waals surface area contributed by atoms with E-state index >= 15 is 0 Å². The van der Waals surface area contributed by atoms with Gasteiger partial charge in [0.2, 0.25) is 0 Å². The molecule has 148 valence electrons. The van der Waals surface area contributed by atoms with E-state index in [1.807, 2.05) is 6.08 Å². The lowest BCUT2D eigenvalue weighted by Gasteiger charge is -2.56. The molecule has 0 saturated heterocycles. The fraction of sp³-hybridized carbons (Fsp3) is 0.773. The smallest absolute Gasteiger partial charge is 0.302 e. The predicted molar refractivity (Wildman–Crippen MR) is 98.6 cm³/mol. The molecule has 0 aliphatic heterocycles. The molecular formula is C22H30O5. The first kappa shape index (κ1) is 18.7. The van der Waals surface area contributed by atoms with Gasteiger partial charge in [-0.05, 0) is 62.4 Å². The second kappa shape index (κ2) is 6.75. The number of ketones is 1. The van der Waals surface area contributed by atoms with Crippen LogP contribution in [0, 0.1) is 29.1 Å². The van der Waals surface area contributed by atoms with E-state index in [1.165, 1.54) is 19.4 Å². The molecule has 0 amide bonds. The number of rotatable bonds is 2. The van der Waals surface area contributed by atoms with Crippen LogP contribution in [0.25, 0.3) is 0 Å². The number of allylic oxidation sites excluding steroid dienone is 1. The molecule has 0 aromatic rings. The Hall–Kier alpha value is -1.65. The van der Waals surface area contributed by atoms with Gasteiger partial charge in [-0.15, -0.1) is 0 Å². The summed E-state index contributed by atoms with van der Waals surface area (Å²) >= 11 is 0. The van der Waals surface area contributed by atoms with Crippen molar-refractivity contribution in [3.8, 4) is 0 Å². The molecule has 0 aromatic heterocycles. The van der Waals surface area contributed by atoms with Crippen LogP contribution >= 0.6 is 0 Å². The van der Waals surface area contributed by atoms with Crippen molar-refractivity contribution >= 4 is 17.7 Å². The van der Waals surface area contributed by atoms with Crippen LogP contribution in [0.2, 0.25) is 0 Å². The average Bonchev–Trinajstić information content (AvgIpc) is 2.89. The van der Waals surface area contributed by atoms with E-state index in [0.29, 0.717) is 24.2 Å². The third-order valence-corrected chi connectivity index (χ3v) is 7.78. The molecule has 5 nitrogen and oxygen atoms in total. The monoisotopic (exact) mass is 374 g/mol. The molecule has 7 atom stereocenters. The van der Waals surface area contributed by atoms with Gasteiger partial charge in [-0.25, -0.2) is 0 Å². The molecule has 0 radical (unpaired) electrons. The van der Waals surface area contributed by atoms with Crippen LogP contribution < -0.4 is 0 Å². The van der Waals surface area contributed by atoms with Gasteiger partial charge < -0.3 is 9.47 Å². The molecule has 0 N–H and O–H groups in total. The van der Waals surface area contributed by atoms with Crippen molar-refractivity contribution in [2.24, 2.45) is 29.1 Å². The topological polar surface area (TPSA) is 69.7 Å². The van der Waals surface area contributed by atoms with Crippen molar-refractivity contribution in [3.05, 3.63) is 11.6 Å². The summed E-state index contributed by atoms with van der Waals surface area (Å²) in [4.78, 5) is 35.4. The molecule has 0 spiro atoms. The average molecular weight is 374 g/mol. The minimum absolute atomic E-state index is 0.0936. The highest BCUT2D eigenvalue weighted by atomic mass is 16.5. The van der Waals surface area contributed by atoms with E-state index in [0.717, 1.165) is 38.5 Å². The maximum absolute atomic E-state index is 11.9. The van der Waals surface area contributed by atoms with Gasteiger partial charge >= 0.3 is 11.9 Å². The first-order chi connectivity index (χ1) is 12.8. The second-order valence-corrected chi connectivity index (χ2v) is 9.25. The fourth-order valence-corrected chi connectivity index (χ4v) is 6.91. The molecule has 5 heteroatoms. The van der Waals surface area contributed by atoms with Gasteiger partial charge in [-0.2, -0.15) is 0 Å². The maximum atomic E-state index is 11.9. The van der Waals surface area contributed by atoms with Gasteiger partial charge in [-0.1, -0.05) is 12.5 Å². The first-order valence-corrected chi connectivity index (χ1v) is 10.4. The lowest BCUT2D eigenvalue weighted by molar-refractivity contribution is -0.179. The predicted octanol–water partition coefficient (Wildman–Crippen LogP) is 3.60. The molecule has 4 aliphatic carbocycles. The fourth-order valence-electron chi connectivity index (χ4n) is 6.91. The Morgan fingerprint density at radius 2 is 1.78 bits per heavy atom. The minimum atomic E-state index is -0.245. The van der Waals surface area contributed by atoms with Crippen molar-refractivity contribution in [1.82, 2.24) is 0 Å². The molecular weight excluding hydrogens is 344 g/mol. The number of carbonyl (C=O) groups is 3. The Morgan fingerprint density at radius 3 is 2.48 bits per heavy atom. The summed E-state index contributed by atoms with van der Waals surface area (Å²) < 4.78 is 11.6. The zero-order chi connectivity index (χ0) is 19.3. The highest BCUT2D eigenvalue weighted by Crippen LogP contribution is 2.62. The molecule has 4 rings (SSSR count). The number of carbonyl (C=O) groups excluding carboxylic acids is 3. The van der Waals surface area contributed by atoms with Crippen LogP contribution in [0.5, 0.6) is 0 Å². The summed E-state index contributed by atoms with van der Waals surface area (Å²) in [5.41, 5.74) is 1.13. The molecule has 3 saturated carbocycles. The van der Waals surface area contributed by atoms with Gasteiger partial charge in [0.1, 0.15) is 12.2 Å². The Kier molecular flexibility index (Phi) is 4.68. The third-order valence-electron chi connectivity index (χ3n) is 7.78. The molecule has 0 bridgehead atoms. The van der Waals surface area contributed by atoms with Crippen molar-refractivity contribution in [3.63, 3.8) is 0 Å². The van der Waals surface area contributed by atoms with Crippen LogP contribution in [-0.4, -0.2) is 29.9 Å². The van der Waals surface area contributed by atoms with Crippen LogP contribution in [0.3, 0.4) is 0 Å². The minimum Gasteiger partial charge on any atom is -0.462 e. The highest BCUT2D eigenvalue weighted by Gasteiger charge is 2.61. The Labute approximate surface area is 160 Å². The quantitative estimate of drug-likeness (QED) is 0.691. The number of fused-ring (bicyclic) bond motifs is 5. The van der Waals surface area contributed by atoms with E-state index < -0.39 is 0 Å². The van der Waals surface area contributed by atoms with Crippen LogP contribution in [0.4, 0.5) is 0 Å². The van der Waals surface area contributed by atoms with Gasteiger partial charge in [0, 0.05) is 31.6 Å². The van der Waals surface area contributed by atoms with E-state index in [2.05, 4.69) is 6.92 Å². The van der Waals surface area contributed by atoms with Crippen LogP contribution in [0.15, 0.2) is 11.6 Å². The number of ether oxygens (including phenoxy) is 2. The normalized spacial score (nSPS) is 43.1. The Morgan fingerprint density at radius 1 is 1.04 bits per heavy atom. The summed E-state index contributed by atoms with van der Waals surface area (Å²) in [7, 11) is 0. The zero-order valence-corrected chi connectivity index (χ0v) is 16.5. The van der Waals surface area contributed by atoms with Gasteiger partial charge in [-0.3, -0.25) is 14.4 Å². The van der Waals surface area contributed by atoms with E-state index in [-0.39, 0.29) is 41.3 Å². The largest absolute Gasteiger partial charge is 0.462 e. The van der Waals surface area contributed by atoms with Crippen LogP contribution in [-0.2, 0) is 23.9 Å². The van der Waals surface area contributed by atoms with Gasteiger partial charge in [0.05, 0.1) is 0 Å². The summed E-state index contributed by atoms with van der Waals surface area (Å²) in [5, 5.41) is 0. The standard InChI is InChI=1S/C22H30O5/c1-12(23)26-19-11-22(3)18(8-9-20(22)27-13(2)24)17-6-4-14-10-15(25)5-7-16(14)21(17)19/h10,16-21H,4-9,11H2,1-3H3/t16?,17?,18?,19-,20?,21?,22?/m1/s1. The van der Waals surface area contributed by atoms with Crippen molar-refractivity contribution in [1.29, 1.82) is 0 Å². The lowest BCUT2D eigenvalue weighted by Crippen LogP contribution is -2.55. The second-order valence-electron chi connectivity index (χ2n) is 9.25. The van der Waals surface area contributed by atoms with Gasteiger partial charge in [0.25, 0.3) is 0 Å². The molecule has 0 heterocycles. The first-order valence-electron chi connectivity index (χ1n) is 10.4. The summed E-state index contributed by atoms with van der Waals surface area (Å²) in [6.07, 6.45) is 7.78. The Balaban J connectivity index is 1.68. The molecule has 27 heavy (non-hydrogen) atoms. The van der Waals surface area contributed by atoms with E-state index in [4.69, 9.17) is 9.47 Å². The summed E-state index contributed by atoms with van der Waals surface area (Å²) in [5.74, 6) is 1.35. The third kappa shape index (κ3) is 3.13. The SMILES string of the molecule is CC(=O)OC1CCC2C3CCC4=CC(=O)CCC4C3[C@H](OC(C)=O)CC12C. The van der Waals surface area contributed by atoms with Crippen molar-refractivity contribution in [2.75, 3.05) is 0 Å². The number of hydrogen-bond donors (Lipinski definition) is 0. The highest BCUT2D eigenvalue weighted by molar-refractivity contribution is 5.91. The van der Waals surface area contributed by atoms with Gasteiger partial charge in [0.15, 0.2) is 5.78 Å². The molecule has 3 fully saturated rings. The van der Waals surface area contributed by atoms with Crippen molar-refractivity contribution in [2.45, 2.75) is 77.9 Å². The Bertz CT molecular complexity index is 695. The van der Waals surface area contributed by atoms with Crippen molar-refractivity contribution < 1.29 is 23.9 Å². The molecule has 4 aliphatic rings. The van der Waals surface area contributed by atoms with E-state index in [9.17, 15) is 14.4 Å². The summed E-state index contributed by atoms with van der Waals surface area (Å²) in [6.45, 7) is 5.18. The lowest BCUT2D eigenvalue weighted by atomic mass is 9.51. The summed E-state index contributed by atoms with van der Waals surface area (Å²) in [6, 6.07) is 0. The van der Waals surface area contributed by atoms with Crippen LogP contribution in [0.1, 0.15) is 65.7 Å². The molecule has 0 aromatic carbocycles. The zero-order valence-electron chi connectivity index (χ0n) is 16.5. The van der Waals surface area contributed by atoms with E-state index in [1.54, 1.807) is 0 Å². The molecule has 6 unspecified atom stereocenters. The number of esters is 2. The maximum Gasteiger partial charge on any atom is 0.302 e. The number of hydrogen-bond acceptors (Lipinski definition) is 5.